The van der Waals surface area contributed by atoms with Crippen LogP contribution in [0.4, 0.5) is 0 Å². The molecule has 5 heteroatoms. The number of carbonyl (C=O) groups excluding carboxylic acids is 1. The number of thioether (sulfide) groups is 1. The molecule has 0 aliphatic carbocycles. The molecule has 116 valence electrons. The number of carbonyl (C=O) groups is 1. The highest BCUT2D eigenvalue weighted by molar-refractivity contribution is 7.99. The Morgan fingerprint density at radius 1 is 1.23 bits per heavy atom. The predicted octanol–water partition coefficient (Wildman–Crippen LogP) is 2.34. The molecule has 2 rings (SSSR count). The van der Waals surface area contributed by atoms with Crippen molar-refractivity contribution in [2.24, 2.45) is 0 Å². The average Bonchev–Trinajstić information content (AvgIpc) is 2.55. The van der Waals surface area contributed by atoms with E-state index in [1.54, 1.807) is 19.3 Å². The molecule has 1 aromatic heterocycles. The molecule has 0 fully saturated rings. The van der Waals surface area contributed by atoms with Crippen molar-refractivity contribution in [1.82, 2.24) is 10.3 Å². The first-order valence-corrected chi connectivity index (χ1v) is 8.25. The van der Waals surface area contributed by atoms with Crippen LogP contribution in [0.2, 0.25) is 0 Å². The lowest BCUT2D eigenvalue weighted by Crippen LogP contribution is -2.39. The summed E-state index contributed by atoms with van der Waals surface area (Å²) in [5.41, 5.74) is 0.871. The Morgan fingerprint density at radius 3 is 2.59 bits per heavy atom. The maximum Gasteiger partial charge on any atom is 0.230 e. The minimum atomic E-state index is -1.06. The molecule has 1 amide bonds. The zero-order valence-electron chi connectivity index (χ0n) is 12.5. The maximum absolute atomic E-state index is 11.9. The quantitative estimate of drug-likeness (QED) is 0.823. The molecule has 0 radical (unpaired) electrons. The second kappa shape index (κ2) is 7.96. The highest BCUT2D eigenvalue weighted by Crippen LogP contribution is 2.19. The number of hydrogen-bond donors (Lipinski definition) is 2. The lowest BCUT2D eigenvalue weighted by atomic mass is 9.96. The number of hydrogen-bond acceptors (Lipinski definition) is 4. The summed E-state index contributed by atoms with van der Waals surface area (Å²) in [7, 11) is 0. The summed E-state index contributed by atoms with van der Waals surface area (Å²) in [5, 5.41) is 13.2. The van der Waals surface area contributed by atoms with Crippen LogP contribution in [-0.2, 0) is 16.1 Å². The molecular formula is C17H20N2O2S. The van der Waals surface area contributed by atoms with Crippen LogP contribution in [0.25, 0.3) is 0 Å². The van der Waals surface area contributed by atoms with Gasteiger partial charge in [-0.05, 0) is 30.2 Å². The first-order chi connectivity index (χ1) is 10.6. The van der Waals surface area contributed by atoms with E-state index in [2.05, 4.69) is 10.3 Å². The number of amides is 1. The van der Waals surface area contributed by atoms with E-state index in [9.17, 15) is 9.90 Å². The van der Waals surface area contributed by atoms with Gasteiger partial charge in [0, 0.05) is 18.1 Å². The number of aromatic nitrogens is 1. The Morgan fingerprint density at radius 2 is 1.91 bits per heavy atom. The van der Waals surface area contributed by atoms with Gasteiger partial charge in [0.15, 0.2) is 0 Å². The van der Waals surface area contributed by atoms with Gasteiger partial charge in [-0.2, -0.15) is 0 Å². The summed E-state index contributed by atoms with van der Waals surface area (Å²) in [6, 6.07) is 13.2. The monoisotopic (exact) mass is 316 g/mol. The molecule has 0 saturated heterocycles. The van der Waals surface area contributed by atoms with Crippen LogP contribution >= 0.6 is 11.8 Å². The van der Waals surface area contributed by atoms with E-state index in [-0.39, 0.29) is 12.5 Å². The molecule has 1 unspecified atom stereocenters. The lowest BCUT2D eigenvalue weighted by Gasteiger charge is -2.24. The first kappa shape index (κ1) is 16.5. The fourth-order valence-corrected chi connectivity index (χ4v) is 2.78. The van der Waals surface area contributed by atoms with Gasteiger partial charge in [0.1, 0.15) is 5.60 Å². The third-order valence-corrected chi connectivity index (χ3v) is 4.28. The number of aliphatic hydroxyl groups is 1. The molecule has 4 nitrogen and oxygen atoms in total. The third kappa shape index (κ3) is 5.16. The van der Waals surface area contributed by atoms with E-state index in [0.29, 0.717) is 5.75 Å². The van der Waals surface area contributed by atoms with Gasteiger partial charge in [-0.25, -0.2) is 0 Å². The average molecular weight is 316 g/mol. The van der Waals surface area contributed by atoms with E-state index in [0.717, 1.165) is 16.9 Å². The van der Waals surface area contributed by atoms with Gasteiger partial charge in [-0.15, -0.1) is 11.8 Å². The van der Waals surface area contributed by atoms with E-state index in [4.69, 9.17) is 0 Å². The Kier molecular flexibility index (Phi) is 5.98. The van der Waals surface area contributed by atoms with E-state index in [1.807, 2.05) is 42.5 Å². The largest absolute Gasteiger partial charge is 0.384 e. The van der Waals surface area contributed by atoms with Gasteiger partial charge in [0.05, 0.1) is 12.3 Å². The van der Waals surface area contributed by atoms with Crippen LogP contribution in [0.3, 0.4) is 0 Å². The number of nitrogens with zero attached hydrogens (tertiary/aromatic N) is 1. The second-order valence-electron chi connectivity index (χ2n) is 5.26. The van der Waals surface area contributed by atoms with Crippen LogP contribution in [0, 0.1) is 0 Å². The maximum atomic E-state index is 11.9. The topological polar surface area (TPSA) is 62.2 Å². The summed E-state index contributed by atoms with van der Waals surface area (Å²) in [6.07, 6.45) is 3.49. The van der Waals surface area contributed by atoms with Crippen LogP contribution in [0.5, 0.6) is 0 Å². The van der Waals surface area contributed by atoms with E-state index < -0.39 is 5.60 Å². The SMILES string of the molecule is CC(O)(CNC(=O)CSCc1ccncc1)c1ccccc1. The molecule has 0 aliphatic heterocycles. The summed E-state index contributed by atoms with van der Waals surface area (Å²) in [4.78, 5) is 15.8. The van der Waals surface area contributed by atoms with Gasteiger partial charge >= 0.3 is 0 Å². The molecule has 22 heavy (non-hydrogen) atoms. The van der Waals surface area contributed by atoms with Crippen LogP contribution in [0.15, 0.2) is 54.9 Å². The Balaban J connectivity index is 1.73. The highest BCUT2D eigenvalue weighted by Gasteiger charge is 2.23. The molecule has 0 aliphatic rings. The molecule has 2 aromatic rings. The van der Waals surface area contributed by atoms with E-state index >= 15 is 0 Å². The minimum Gasteiger partial charge on any atom is -0.384 e. The van der Waals surface area contributed by atoms with Crippen LogP contribution in [-0.4, -0.2) is 28.3 Å². The van der Waals surface area contributed by atoms with Gasteiger partial charge in [0.25, 0.3) is 0 Å². The fraction of sp³-hybridized carbons (Fsp3) is 0.294. The predicted molar refractivity (Wildman–Crippen MR) is 89.4 cm³/mol. The molecule has 0 spiro atoms. The Bertz CT molecular complexity index is 588. The van der Waals surface area contributed by atoms with Crippen molar-refractivity contribution in [3.63, 3.8) is 0 Å². The number of benzene rings is 1. The molecule has 1 heterocycles. The summed E-state index contributed by atoms with van der Waals surface area (Å²) in [5.74, 6) is 1.06. The number of nitrogens with one attached hydrogen (secondary N) is 1. The molecule has 1 aromatic carbocycles. The zero-order valence-corrected chi connectivity index (χ0v) is 13.3. The summed E-state index contributed by atoms with van der Waals surface area (Å²) in [6.45, 7) is 1.90. The molecule has 1 atom stereocenters. The second-order valence-corrected chi connectivity index (χ2v) is 6.25. The van der Waals surface area contributed by atoms with Crippen molar-refractivity contribution in [1.29, 1.82) is 0 Å². The van der Waals surface area contributed by atoms with Crippen molar-refractivity contribution < 1.29 is 9.90 Å². The van der Waals surface area contributed by atoms with Crippen molar-refractivity contribution in [3.05, 3.63) is 66.0 Å². The summed E-state index contributed by atoms with van der Waals surface area (Å²) < 4.78 is 0. The standard InChI is InChI=1S/C17H20N2O2S/c1-17(21,15-5-3-2-4-6-15)13-19-16(20)12-22-11-14-7-9-18-10-8-14/h2-10,21H,11-13H2,1H3,(H,19,20). The van der Waals surface area contributed by atoms with Gasteiger partial charge in [-0.1, -0.05) is 30.3 Å². The smallest absolute Gasteiger partial charge is 0.230 e. The van der Waals surface area contributed by atoms with Gasteiger partial charge < -0.3 is 10.4 Å². The van der Waals surface area contributed by atoms with Crippen molar-refractivity contribution >= 4 is 17.7 Å². The van der Waals surface area contributed by atoms with Gasteiger partial charge in [0.2, 0.25) is 5.91 Å². The Labute approximate surface area is 135 Å². The minimum absolute atomic E-state index is 0.0738. The number of rotatable bonds is 7. The van der Waals surface area contributed by atoms with Crippen molar-refractivity contribution in [2.45, 2.75) is 18.3 Å². The highest BCUT2D eigenvalue weighted by atomic mass is 32.2. The van der Waals surface area contributed by atoms with Crippen molar-refractivity contribution in [3.8, 4) is 0 Å². The molecule has 0 saturated carbocycles. The third-order valence-electron chi connectivity index (χ3n) is 3.28. The molecule has 2 N–H and O–H groups in total. The number of pyridine rings is 1. The first-order valence-electron chi connectivity index (χ1n) is 7.09. The zero-order chi connectivity index (χ0) is 15.8. The lowest BCUT2D eigenvalue weighted by molar-refractivity contribution is -0.119. The fourth-order valence-electron chi connectivity index (χ4n) is 1.96. The summed E-state index contributed by atoms with van der Waals surface area (Å²) >= 11 is 1.54. The normalized spacial score (nSPS) is 13.4. The molecular weight excluding hydrogens is 296 g/mol. The van der Waals surface area contributed by atoms with Crippen LogP contribution in [0.1, 0.15) is 18.1 Å². The van der Waals surface area contributed by atoms with Crippen molar-refractivity contribution in [2.75, 3.05) is 12.3 Å². The Hall–Kier alpha value is -1.85. The van der Waals surface area contributed by atoms with E-state index in [1.165, 1.54) is 11.8 Å². The van der Waals surface area contributed by atoms with Gasteiger partial charge in [-0.3, -0.25) is 9.78 Å². The molecule has 0 bridgehead atoms. The van der Waals surface area contributed by atoms with Crippen LogP contribution < -0.4 is 5.32 Å².